The Labute approximate surface area is 348 Å². The van der Waals surface area contributed by atoms with E-state index in [-0.39, 0.29) is 31.1 Å². The third-order valence-corrected chi connectivity index (χ3v) is 11.5. The van der Waals surface area contributed by atoms with Crippen molar-refractivity contribution in [3.63, 3.8) is 0 Å². The van der Waals surface area contributed by atoms with E-state index in [0.717, 1.165) is 75.5 Å². The molecule has 0 spiro atoms. The third kappa shape index (κ3) is 42.0. The van der Waals surface area contributed by atoms with Gasteiger partial charge in [-0.25, -0.2) is 0 Å². The van der Waals surface area contributed by atoms with Crippen LogP contribution in [0.15, 0.2) is 0 Å². The second-order valence-electron chi connectivity index (χ2n) is 18.3. The molecule has 0 aromatic heterocycles. The molecule has 56 heavy (non-hydrogen) atoms. The summed E-state index contributed by atoms with van der Waals surface area (Å²) in [5.74, 6) is 1.60. The lowest BCUT2D eigenvalue weighted by molar-refractivity contribution is -0.167. The van der Waals surface area contributed by atoms with Crippen molar-refractivity contribution in [3.8, 4) is 0 Å². The number of unbranched alkanes of at least 4 members (excludes halogenated alkanes) is 25. The molecule has 2 atom stereocenters. The highest BCUT2D eigenvalue weighted by Gasteiger charge is 2.19. The fraction of sp³-hybridized carbons (Fsp3) is 0.940. The van der Waals surface area contributed by atoms with Gasteiger partial charge in [0.1, 0.15) is 13.2 Å². The van der Waals surface area contributed by atoms with E-state index in [9.17, 15) is 14.4 Å². The highest BCUT2D eigenvalue weighted by molar-refractivity contribution is 5.71. The van der Waals surface area contributed by atoms with Crippen LogP contribution in [-0.4, -0.2) is 37.2 Å². The van der Waals surface area contributed by atoms with Gasteiger partial charge in [-0.2, -0.15) is 0 Å². The van der Waals surface area contributed by atoms with Crippen LogP contribution in [0.1, 0.15) is 266 Å². The monoisotopic (exact) mass is 793 g/mol. The molecule has 0 aromatic carbocycles. The molecule has 0 aliphatic carbocycles. The predicted octanol–water partition coefficient (Wildman–Crippen LogP) is 15.6. The Morgan fingerprint density at radius 2 is 0.625 bits per heavy atom. The van der Waals surface area contributed by atoms with E-state index in [2.05, 4.69) is 41.5 Å². The summed E-state index contributed by atoms with van der Waals surface area (Å²) in [7, 11) is 0. The van der Waals surface area contributed by atoms with E-state index in [1.807, 2.05) is 0 Å². The van der Waals surface area contributed by atoms with Gasteiger partial charge in [0.2, 0.25) is 0 Å². The van der Waals surface area contributed by atoms with Crippen molar-refractivity contribution in [1.29, 1.82) is 0 Å². The zero-order valence-corrected chi connectivity index (χ0v) is 38.4. The number of carbonyl (C=O) groups excluding carboxylic acids is 3. The molecule has 0 amide bonds. The van der Waals surface area contributed by atoms with E-state index < -0.39 is 6.10 Å². The molecule has 1 unspecified atom stereocenters. The number of rotatable bonds is 43. The summed E-state index contributed by atoms with van der Waals surface area (Å²) in [6.45, 7) is 13.7. The zero-order chi connectivity index (χ0) is 41.3. The molecule has 0 radical (unpaired) electrons. The van der Waals surface area contributed by atoms with E-state index in [4.69, 9.17) is 14.2 Å². The maximum atomic E-state index is 12.8. The molecule has 0 fully saturated rings. The molecular weight excluding hydrogens is 697 g/mol. The normalized spacial score (nSPS) is 12.6. The Morgan fingerprint density at radius 1 is 0.357 bits per heavy atom. The van der Waals surface area contributed by atoms with Crippen molar-refractivity contribution >= 4 is 17.9 Å². The fourth-order valence-electron chi connectivity index (χ4n) is 7.38. The summed E-state index contributed by atoms with van der Waals surface area (Å²) in [5, 5.41) is 0. The number of esters is 3. The standard InChI is InChI=1S/C50H96O6/c1-7-46(6)38-32-26-22-23-28-34-40-49(52)55-43-47(42-54-48(51)39-33-27-20-17-13-15-19-25-31-37-45(4)5)56-50(53)41-35-29-21-16-12-10-8-9-11-14-18-24-30-36-44(2)3/h44-47H,7-43H2,1-6H3/t46?,47-/m1/s1. The quantitative estimate of drug-likeness (QED) is 0.0348. The molecule has 6 nitrogen and oxygen atoms in total. The van der Waals surface area contributed by atoms with Gasteiger partial charge in [0.05, 0.1) is 0 Å². The van der Waals surface area contributed by atoms with Crippen molar-refractivity contribution < 1.29 is 28.6 Å². The van der Waals surface area contributed by atoms with Crippen LogP contribution in [-0.2, 0) is 28.6 Å². The van der Waals surface area contributed by atoms with Crippen LogP contribution in [0, 0.1) is 17.8 Å². The molecule has 0 heterocycles. The summed E-state index contributed by atoms with van der Waals surface area (Å²) in [4.78, 5) is 37.8. The highest BCUT2D eigenvalue weighted by atomic mass is 16.6. The molecule has 0 aliphatic rings. The summed E-state index contributed by atoms with van der Waals surface area (Å²) in [6, 6.07) is 0. The van der Waals surface area contributed by atoms with Crippen molar-refractivity contribution in [1.82, 2.24) is 0 Å². The van der Waals surface area contributed by atoms with Crippen molar-refractivity contribution in [3.05, 3.63) is 0 Å². The van der Waals surface area contributed by atoms with Gasteiger partial charge in [-0.15, -0.1) is 0 Å². The molecule has 0 N–H and O–H groups in total. The molecule has 0 aromatic rings. The lowest BCUT2D eigenvalue weighted by Crippen LogP contribution is -2.30. The van der Waals surface area contributed by atoms with Gasteiger partial charge in [0.15, 0.2) is 6.10 Å². The number of carbonyl (C=O) groups is 3. The first kappa shape index (κ1) is 54.4. The lowest BCUT2D eigenvalue weighted by Gasteiger charge is -2.18. The first-order valence-corrected chi connectivity index (χ1v) is 24.6. The van der Waals surface area contributed by atoms with Crippen molar-refractivity contribution in [2.75, 3.05) is 13.2 Å². The maximum Gasteiger partial charge on any atom is 0.306 e. The summed E-state index contributed by atoms with van der Waals surface area (Å²) in [5.41, 5.74) is 0. The van der Waals surface area contributed by atoms with Crippen LogP contribution >= 0.6 is 0 Å². The first-order valence-electron chi connectivity index (χ1n) is 24.6. The van der Waals surface area contributed by atoms with E-state index >= 15 is 0 Å². The van der Waals surface area contributed by atoms with Crippen LogP contribution in [0.2, 0.25) is 0 Å². The Balaban J connectivity index is 4.32. The third-order valence-electron chi connectivity index (χ3n) is 11.5. The molecule has 0 aliphatic heterocycles. The number of ether oxygens (including phenoxy) is 3. The van der Waals surface area contributed by atoms with Gasteiger partial charge in [0.25, 0.3) is 0 Å². The topological polar surface area (TPSA) is 78.9 Å². The predicted molar refractivity (Wildman–Crippen MR) is 238 cm³/mol. The molecule has 0 bridgehead atoms. The van der Waals surface area contributed by atoms with Gasteiger partial charge in [0, 0.05) is 19.3 Å². The fourth-order valence-corrected chi connectivity index (χ4v) is 7.38. The molecule has 0 saturated carbocycles. The average molecular weight is 793 g/mol. The van der Waals surface area contributed by atoms with E-state index in [0.29, 0.717) is 19.3 Å². The van der Waals surface area contributed by atoms with E-state index in [1.54, 1.807) is 0 Å². The second kappa shape index (κ2) is 41.6. The lowest BCUT2D eigenvalue weighted by atomic mass is 10.00. The van der Waals surface area contributed by atoms with Crippen LogP contribution in [0.3, 0.4) is 0 Å². The maximum absolute atomic E-state index is 12.8. The summed E-state index contributed by atoms with van der Waals surface area (Å²) >= 11 is 0. The summed E-state index contributed by atoms with van der Waals surface area (Å²) in [6.07, 6.45) is 39.5. The molecular formula is C50H96O6. The van der Waals surface area contributed by atoms with Crippen molar-refractivity contribution in [2.24, 2.45) is 17.8 Å². The Morgan fingerprint density at radius 3 is 0.929 bits per heavy atom. The van der Waals surface area contributed by atoms with Crippen molar-refractivity contribution in [2.45, 2.75) is 272 Å². The molecule has 332 valence electrons. The molecule has 0 rings (SSSR count). The smallest absolute Gasteiger partial charge is 0.306 e. The molecule has 6 heteroatoms. The highest BCUT2D eigenvalue weighted by Crippen LogP contribution is 2.18. The minimum absolute atomic E-state index is 0.0660. The average Bonchev–Trinajstić information content (AvgIpc) is 3.16. The van der Waals surface area contributed by atoms with Gasteiger partial charge < -0.3 is 14.2 Å². The number of hydrogen-bond donors (Lipinski definition) is 0. The van der Waals surface area contributed by atoms with Crippen LogP contribution in [0.25, 0.3) is 0 Å². The first-order chi connectivity index (χ1) is 27.1. The van der Waals surface area contributed by atoms with E-state index in [1.165, 1.54) is 148 Å². The largest absolute Gasteiger partial charge is 0.462 e. The second-order valence-corrected chi connectivity index (χ2v) is 18.3. The Kier molecular flexibility index (Phi) is 40.4. The van der Waals surface area contributed by atoms with Gasteiger partial charge in [-0.3, -0.25) is 14.4 Å². The van der Waals surface area contributed by atoms with Gasteiger partial charge in [-0.1, -0.05) is 228 Å². The zero-order valence-electron chi connectivity index (χ0n) is 38.4. The summed E-state index contributed by atoms with van der Waals surface area (Å²) < 4.78 is 16.8. The van der Waals surface area contributed by atoms with Crippen LogP contribution < -0.4 is 0 Å². The molecule has 0 saturated heterocycles. The van der Waals surface area contributed by atoms with Crippen LogP contribution in [0.4, 0.5) is 0 Å². The number of hydrogen-bond acceptors (Lipinski definition) is 6. The minimum Gasteiger partial charge on any atom is -0.462 e. The van der Waals surface area contributed by atoms with Gasteiger partial charge >= 0.3 is 17.9 Å². The Hall–Kier alpha value is -1.59. The van der Waals surface area contributed by atoms with Crippen LogP contribution in [0.5, 0.6) is 0 Å². The van der Waals surface area contributed by atoms with Gasteiger partial charge in [-0.05, 0) is 37.0 Å². The SMILES string of the molecule is CCC(C)CCCCCCCCC(=O)OC[C@@H](COC(=O)CCCCCCCCCCCC(C)C)OC(=O)CCCCCCCCCCCCCCCC(C)C. The Bertz CT molecular complexity index is 870. The minimum atomic E-state index is -0.763.